The molecule has 1 heterocycles. The lowest BCUT2D eigenvalue weighted by atomic mass is 10.0. The van der Waals surface area contributed by atoms with E-state index in [1.165, 1.54) is 0 Å². The normalized spacial score (nSPS) is 27.9. The number of aliphatic hydroxyl groups is 1. The zero-order valence-corrected chi connectivity index (χ0v) is 11.3. The lowest BCUT2D eigenvalue weighted by Crippen LogP contribution is -2.53. The Hall–Kier alpha value is -0.120. The summed E-state index contributed by atoms with van der Waals surface area (Å²) in [5, 5.41) is 10.0. The van der Waals surface area contributed by atoms with Crippen LogP contribution in [0.25, 0.3) is 0 Å². The molecule has 0 spiro atoms. The SMILES string of the molecule is CCC(C)C(O)CN1CCN(CC)C(C)C1. The van der Waals surface area contributed by atoms with Crippen molar-refractivity contribution in [3.8, 4) is 0 Å². The number of piperazine rings is 1. The van der Waals surface area contributed by atoms with Crippen LogP contribution in [0.1, 0.15) is 34.1 Å². The lowest BCUT2D eigenvalue weighted by Gasteiger charge is -2.40. The maximum atomic E-state index is 10.0. The fourth-order valence-corrected chi connectivity index (χ4v) is 2.42. The van der Waals surface area contributed by atoms with Gasteiger partial charge in [-0.3, -0.25) is 9.80 Å². The summed E-state index contributed by atoms with van der Waals surface area (Å²) in [5.74, 6) is 0.416. The van der Waals surface area contributed by atoms with Gasteiger partial charge in [-0.1, -0.05) is 27.2 Å². The Morgan fingerprint density at radius 3 is 2.50 bits per heavy atom. The second kappa shape index (κ2) is 6.58. The van der Waals surface area contributed by atoms with Gasteiger partial charge in [-0.05, 0) is 19.4 Å². The minimum atomic E-state index is -0.162. The van der Waals surface area contributed by atoms with E-state index in [-0.39, 0.29) is 6.10 Å². The van der Waals surface area contributed by atoms with Gasteiger partial charge < -0.3 is 5.11 Å². The summed E-state index contributed by atoms with van der Waals surface area (Å²) in [6.45, 7) is 14.1. The minimum absolute atomic E-state index is 0.162. The summed E-state index contributed by atoms with van der Waals surface area (Å²) in [6.07, 6.45) is 0.899. The van der Waals surface area contributed by atoms with Crippen molar-refractivity contribution in [3.05, 3.63) is 0 Å². The van der Waals surface area contributed by atoms with E-state index in [0.29, 0.717) is 12.0 Å². The van der Waals surface area contributed by atoms with Crippen molar-refractivity contribution in [2.45, 2.75) is 46.3 Å². The van der Waals surface area contributed by atoms with Gasteiger partial charge in [0.25, 0.3) is 0 Å². The summed E-state index contributed by atoms with van der Waals surface area (Å²) >= 11 is 0. The zero-order chi connectivity index (χ0) is 12.1. The highest BCUT2D eigenvalue weighted by Crippen LogP contribution is 2.13. The molecule has 0 aromatic heterocycles. The van der Waals surface area contributed by atoms with Gasteiger partial charge in [-0.15, -0.1) is 0 Å². The molecule has 0 bridgehead atoms. The molecule has 3 unspecified atom stereocenters. The Morgan fingerprint density at radius 2 is 2.00 bits per heavy atom. The molecule has 1 rings (SSSR count). The molecule has 0 saturated carbocycles. The highest BCUT2D eigenvalue weighted by molar-refractivity contribution is 4.80. The van der Waals surface area contributed by atoms with E-state index < -0.39 is 0 Å². The van der Waals surface area contributed by atoms with E-state index in [0.717, 1.165) is 39.1 Å². The molecular weight excluding hydrogens is 200 g/mol. The van der Waals surface area contributed by atoms with Crippen LogP contribution < -0.4 is 0 Å². The summed E-state index contributed by atoms with van der Waals surface area (Å²) in [7, 11) is 0. The topological polar surface area (TPSA) is 26.7 Å². The summed E-state index contributed by atoms with van der Waals surface area (Å²) < 4.78 is 0. The van der Waals surface area contributed by atoms with Gasteiger partial charge in [0.05, 0.1) is 6.10 Å². The first-order valence-electron chi connectivity index (χ1n) is 6.72. The van der Waals surface area contributed by atoms with Gasteiger partial charge in [0, 0.05) is 32.2 Å². The van der Waals surface area contributed by atoms with Crippen LogP contribution in [-0.4, -0.2) is 59.8 Å². The number of rotatable bonds is 5. The standard InChI is InChI=1S/C13H28N2O/c1-5-11(3)13(16)10-14-7-8-15(6-2)12(4)9-14/h11-13,16H,5-10H2,1-4H3. The molecule has 0 radical (unpaired) electrons. The van der Waals surface area contributed by atoms with Crippen molar-refractivity contribution < 1.29 is 5.11 Å². The van der Waals surface area contributed by atoms with Gasteiger partial charge in [-0.25, -0.2) is 0 Å². The van der Waals surface area contributed by atoms with Crippen LogP contribution in [0, 0.1) is 5.92 Å². The van der Waals surface area contributed by atoms with Gasteiger partial charge in [0.1, 0.15) is 0 Å². The molecule has 1 saturated heterocycles. The van der Waals surface area contributed by atoms with E-state index in [1.54, 1.807) is 0 Å². The van der Waals surface area contributed by atoms with Gasteiger partial charge >= 0.3 is 0 Å². The summed E-state index contributed by atoms with van der Waals surface area (Å²) in [5.41, 5.74) is 0. The van der Waals surface area contributed by atoms with Crippen molar-refractivity contribution in [3.63, 3.8) is 0 Å². The molecule has 3 atom stereocenters. The van der Waals surface area contributed by atoms with Crippen LogP contribution in [0.2, 0.25) is 0 Å². The first kappa shape index (κ1) is 13.9. The van der Waals surface area contributed by atoms with E-state index in [2.05, 4.69) is 37.5 Å². The van der Waals surface area contributed by atoms with Crippen LogP contribution in [-0.2, 0) is 0 Å². The van der Waals surface area contributed by atoms with Gasteiger partial charge in [0.2, 0.25) is 0 Å². The molecular formula is C13H28N2O. The van der Waals surface area contributed by atoms with Crippen molar-refractivity contribution >= 4 is 0 Å². The molecule has 3 nitrogen and oxygen atoms in total. The third-order valence-electron chi connectivity index (χ3n) is 4.00. The minimum Gasteiger partial charge on any atom is -0.392 e. The van der Waals surface area contributed by atoms with Crippen LogP contribution in [0.5, 0.6) is 0 Å². The first-order chi connectivity index (χ1) is 7.58. The maximum absolute atomic E-state index is 10.0. The van der Waals surface area contributed by atoms with Crippen LogP contribution in [0.15, 0.2) is 0 Å². The van der Waals surface area contributed by atoms with Crippen molar-refractivity contribution in [1.29, 1.82) is 0 Å². The number of hydrogen-bond donors (Lipinski definition) is 1. The van der Waals surface area contributed by atoms with E-state index >= 15 is 0 Å². The third kappa shape index (κ3) is 3.72. The van der Waals surface area contributed by atoms with Crippen molar-refractivity contribution in [2.75, 3.05) is 32.7 Å². The molecule has 0 amide bonds. The van der Waals surface area contributed by atoms with E-state index in [4.69, 9.17) is 0 Å². The van der Waals surface area contributed by atoms with Crippen molar-refractivity contribution in [1.82, 2.24) is 9.80 Å². The molecule has 1 fully saturated rings. The van der Waals surface area contributed by atoms with E-state index in [9.17, 15) is 5.11 Å². The highest BCUT2D eigenvalue weighted by atomic mass is 16.3. The average molecular weight is 228 g/mol. The number of hydrogen-bond acceptors (Lipinski definition) is 3. The number of likely N-dealkylation sites (N-methyl/N-ethyl adjacent to an activating group) is 1. The third-order valence-corrected chi connectivity index (χ3v) is 4.00. The molecule has 1 N–H and O–H groups in total. The smallest absolute Gasteiger partial charge is 0.0692 e. The Morgan fingerprint density at radius 1 is 1.31 bits per heavy atom. The summed E-state index contributed by atoms with van der Waals surface area (Å²) in [6, 6.07) is 0.628. The molecule has 1 aliphatic rings. The molecule has 16 heavy (non-hydrogen) atoms. The molecule has 1 aliphatic heterocycles. The quantitative estimate of drug-likeness (QED) is 0.771. The Bertz CT molecular complexity index is 198. The second-order valence-electron chi connectivity index (χ2n) is 5.19. The molecule has 0 aromatic rings. The largest absolute Gasteiger partial charge is 0.392 e. The van der Waals surface area contributed by atoms with Crippen molar-refractivity contribution in [2.24, 2.45) is 5.92 Å². The Kier molecular flexibility index (Phi) is 5.73. The maximum Gasteiger partial charge on any atom is 0.0692 e. The first-order valence-corrected chi connectivity index (χ1v) is 6.72. The molecule has 96 valence electrons. The van der Waals surface area contributed by atoms with Crippen LogP contribution in [0.3, 0.4) is 0 Å². The Balaban J connectivity index is 2.35. The van der Waals surface area contributed by atoms with Crippen LogP contribution in [0.4, 0.5) is 0 Å². The summed E-state index contributed by atoms with van der Waals surface area (Å²) in [4.78, 5) is 4.92. The number of β-amino-alcohol motifs (C(OH)–C–C–N with tert-alkyl or cyclic N) is 1. The monoisotopic (exact) mass is 228 g/mol. The molecule has 3 heteroatoms. The molecule has 0 aromatic carbocycles. The van der Waals surface area contributed by atoms with Crippen LogP contribution >= 0.6 is 0 Å². The van der Waals surface area contributed by atoms with Gasteiger partial charge in [-0.2, -0.15) is 0 Å². The van der Waals surface area contributed by atoms with E-state index in [1.807, 2.05) is 0 Å². The predicted octanol–water partition coefficient (Wildman–Crippen LogP) is 1.42. The zero-order valence-electron chi connectivity index (χ0n) is 11.3. The highest BCUT2D eigenvalue weighted by Gasteiger charge is 2.24. The predicted molar refractivity (Wildman–Crippen MR) is 68.6 cm³/mol. The second-order valence-corrected chi connectivity index (χ2v) is 5.19. The lowest BCUT2D eigenvalue weighted by molar-refractivity contribution is 0.0277. The molecule has 0 aliphatic carbocycles. The fraction of sp³-hybridized carbons (Fsp3) is 1.00. The number of aliphatic hydroxyl groups excluding tert-OH is 1. The Labute approximate surface area is 100 Å². The number of nitrogens with zero attached hydrogens (tertiary/aromatic N) is 2. The average Bonchev–Trinajstić information content (AvgIpc) is 2.28. The fourth-order valence-electron chi connectivity index (χ4n) is 2.42. The van der Waals surface area contributed by atoms with Gasteiger partial charge in [0.15, 0.2) is 0 Å².